The Kier molecular flexibility index (Phi) is 8.56. The van der Waals surface area contributed by atoms with Crippen LogP contribution in [0.15, 0.2) is 237 Å². The van der Waals surface area contributed by atoms with Crippen LogP contribution in [0.3, 0.4) is 0 Å². The van der Waals surface area contributed by atoms with Crippen molar-refractivity contribution < 1.29 is 0 Å². The van der Waals surface area contributed by atoms with Crippen LogP contribution in [0.4, 0.5) is 17.1 Å². The van der Waals surface area contributed by atoms with Gasteiger partial charge in [0, 0.05) is 16.8 Å². The third-order valence-corrected chi connectivity index (χ3v) is 11.9. The van der Waals surface area contributed by atoms with Crippen LogP contribution in [-0.2, 0) is 0 Å². The molecule has 0 amide bonds. The Morgan fingerprint density at radius 1 is 0.220 bits per heavy atom. The lowest BCUT2D eigenvalue weighted by Crippen LogP contribution is -2.10. The van der Waals surface area contributed by atoms with Crippen molar-refractivity contribution in [2.75, 3.05) is 4.90 Å². The van der Waals surface area contributed by atoms with E-state index in [9.17, 15) is 0 Å². The molecule has 0 unspecified atom stereocenters. The molecule has 11 rings (SSSR count). The SMILES string of the molecule is c1ccc(-c2ccc(N(c3cccc(-c4ccccc4)c3)c3ccc(-c4ccc(-c5cc6c7ccccc7ccc6c6ccccc56)cc4)c4ccccc34)cc2)cc1. The van der Waals surface area contributed by atoms with E-state index in [1.165, 1.54) is 87.6 Å². The third-order valence-electron chi connectivity index (χ3n) is 11.9. The molecule has 11 aromatic rings. The Morgan fingerprint density at radius 2 is 0.729 bits per heavy atom. The Labute approximate surface area is 344 Å². The fourth-order valence-corrected chi connectivity index (χ4v) is 8.97. The van der Waals surface area contributed by atoms with E-state index in [4.69, 9.17) is 0 Å². The number of hydrogen-bond acceptors (Lipinski definition) is 1. The van der Waals surface area contributed by atoms with Crippen LogP contribution < -0.4 is 4.90 Å². The first kappa shape index (κ1) is 34.5. The van der Waals surface area contributed by atoms with E-state index in [0.717, 1.165) is 17.1 Å². The molecule has 0 heterocycles. The number of rotatable bonds is 7. The van der Waals surface area contributed by atoms with Gasteiger partial charge >= 0.3 is 0 Å². The maximum absolute atomic E-state index is 2.41. The lowest BCUT2D eigenvalue weighted by molar-refractivity contribution is 1.30. The smallest absolute Gasteiger partial charge is 0.0540 e. The summed E-state index contributed by atoms with van der Waals surface area (Å²) >= 11 is 0. The highest BCUT2D eigenvalue weighted by Crippen LogP contribution is 2.44. The van der Waals surface area contributed by atoms with Gasteiger partial charge in [-0.05, 0) is 119 Å². The van der Waals surface area contributed by atoms with Crippen molar-refractivity contribution in [2.24, 2.45) is 0 Å². The van der Waals surface area contributed by atoms with Crippen molar-refractivity contribution in [1.82, 2.24) is 0 Å². The fourth-order valence-electron chi connectivity index (χ4n) is 8.97. The van der Waals surface area contributed by atoms with Gasteiger partial charge in [0.25, 0.3) is 0 Å². The summed E-state index contributed by atoms with van der Waals surface area (Å²) in [6.07, 6.45) is 0. The molecule has 0 aliphatic heterocycles. The summed E-state index contributed by atoms with van der Waals surface area (Å²) in [6, 6.07) is 86.2. The first-order valence-electron chi connectivity index (χ1n) is 20.3. The van der Waals surface area contributed by atoms with E-state index in [1.807, 2.05) is 0 Å². The van der Waals surface area contributed by atoms with E-state index < -0.39 is 0 Å². The van der Waals surface area contributed by atoms with Crippen LogP contribution in [0, 0.1) is 0 Å². The third kappa shape index (κ3) is 6.21. The highest BCUT2D eigenvalue weighted by molar-refractivity contribution is 6.21. The second kappa shape index (κ2) is 14.6. The van der Waals surface area contributed by atoms with Gasteiger partial charge in [-0.15, -0.1) is 0 Å². The highest BCUT2D eigenvalue weighted by Gasteiger charge is 2.19. The molecule has 1 nitrogen and oxygen atoms in total. The average Bonchev–Trinajstić information content (AvgIpc) is 3.32. The highest BCUT2D eigenvalue weighted by atomic mass is 15.1. The summed E-state index contributed by atoms with van der Waals surface area (Å²) in [7, 11) is 0. The predicted octanol–water partition coefficient (Wildman–Crippen LogP) is 16.4. The standard InChI is InChI=1S/C58H39N/c1-3-14-40(15-4-1)42-30-33-47(34-31-42)59(48-20-13-19-46(38-48)41-16-5-2-6-17-41)58-37-36-50(51-22-11-12-25-55(51)58)44-26-28-45(29-27-44)56-39-57-49-21-8-7-18-43(49)32-35-54(57)52-23-9-10-24-53(52)56/h1-39H. The zero-order valence-corrected chi connectivity index (χ0v) is 32.5. The van der Waals surface area contributed by atoms with Gasteiger partial charge in [0.15, 0.2) is 0 Å². The molecule has 0 saturated carbocycles. The molecule has 59 heavy (non-hydrogen) atoms. The summed E-state index contributed by atoms with van der Waals surface area (Å²) < 4.78 is 0. The minimum atomic E-state index is 1.10. The van der Waals surface area contributed by atoms with Gasteiger partial charge in [0.05, 0.1) is 5.69 Å². The summed E-state index contributed by atoms with van der Waals surface area (Å²) in [5.74, 6) is 0. The van der Waals surface area contributed by atoms with Crippen LogP contribution >= 0.6 is 0 Å². The Bertz CT molecular complexity index is 3290. The molecule has 1 heteroatoms. The van der Waals surface area contributed by atoms with Crippen LogP contribution in [0.1, 0.15) is 0 Å². The van der Waals surface area contributed by atoms with E-state index in [1.54, 1.807) is 0 Å². The summed E-state index contributed by atoms with van der Waals surface area (Å²) in [5, 5.41) is 10.1. The van der Waals surface area contributed by atoms with Gasteiger partial charge in [-0.25, -0.2) is 0 Å². The second-order valence-corrected chi connectivity index (χ2v) is 15.3. The molecule has 0 aliphatic rings. The van der Waals surface area contributed by atoms with Crippen molar-refractivity contribution in [2.45, 2.75) is 0 Å². The zero-order valence-electron chi connectivity index (χ0n) is 32.5. The van der Waals surface area contributed by atoms with Gasteiger partial charge in [-0.1, -0.05) is 200 Å². The number of benzene rings is 11. The molecule has 0 radical (unpaired) electrons. The van der Waals surface area contributed by atoms with Gasteiger partial charge in [-0.3, -0.25) is 0 Å². The van der Waals surface area contributed by atoms with Crippen LogP contribution in [0.25, 0.3) is 87.6 Å². The summed E-state index contributed by atoms with van der Waals surface area (Å²) in [6.45, 7) is 0. The van der Waals surface area contributed by atoms with E-state index >= 15 is 0 Å². The molecular weight excluding hydrogens is 711 g/mol. The summed E-state index contributed by atoms with van der Waals surface area (Å²) in [4.78, 5) is 2.41. The molecule has 0 fully saturated rings. The van der Waals surface area contributed by atoms with E-state index in [0.29, 0.717) is 0 Å². The minimum absolute atomic E-state index is 1.10. The largest absolute Gasteiger partial charge is 0.310 e. The molecule has 276 valence electrons. The van der Waals surface area contributed by atoms with Crippen LogP contribution in [-0.4, -0.2) is 0 Å². The topological polar surface area (TPSA) is 3.24 Å². The zero-order chi connectivity index (χ0) is 39.1. The molecular formula is C58H39N. The van der Waals surface area contributed by atoms with Crippen molar-refractivity contribution in [3.63, 3.8) is 0 Å². The maximum atomic E-state index is 2.41. The van der Waals surface area contributed by atoms with Crippen molar-refractivity contribution in [3.8, 4) is 44.5 Å². The fraction of sp³-hybridized carbons (Fsp3) is 0. The maximum Gasteiger partial charge on any atom is 0.0540 e. The minimum Gasteiger partial charge on any atom is -0.310 e. The Hall–Kier alpha value is -7.74. The van der Waals surface area contributed by atoms with E-state index in [-0.39, 0.29) is 0 Å². The van der Waals surface area contributed by atoms with Crippen molar-refractivity contribution in [1.29, 1.82) is 0 Å². The Balaban J connectivity index is 1.03. The first-order chi connectivity index (χ1) is 29.3. The molecule has 0 aliphatic carbocycles. The Morgan fingerprint density at radius 3 is 1.44 bits per heavy atom. The average molecular weight is 750 g/mol. The number of hydrogen-bond donors (Lipinski definition) is 0. The van der Waals surface area contributed by atoms with Gasteiger partial charge in [0.1, 0.15) is 0 Å². The lowest BCUT2D eigenvalue weighted by Gasteiger charge is -2.28. The van der Waals surface area contributed by atoms with Gasteiger partial charge in [-0.2, -0.15) is 0 Å². The molecule has 0 spiro atoms. The quantitative estimate of drug-likeness (QED) is 0.147. The van der Waals surface area contributed by atoms with Crippen molar-refractivity contribution >= 4 is 60.2 Å². The monoisotopic (exact) mass is 749 g/mol. The molecule has 0 N–H and O–H groups in total. The van der Waals surface area contributed by atoms with E-state index in [2.05, 4.69) is 241 Å². The molecule has 0 bridgehead atoms. The molecule has 0 saturated heterocycles. The first-order valence-corrected chi connectivity index (χ1v) is 20.3. The second-order valence-electron chi connectivity index (χ2n) is 15.3. The molecule has 11 aromatic carbocycles. The summed E-state index contributed by atoms with van der Waals surface area (Å²) in [5.41, 5.74) is 13.0. The number of anilines is 3. The van der Waals surface area contributed by atoms with Crippen molar-refractivity contribution in [3.05, 3.63) is 237 Å². The lowest BCUT2D eigenvalue weighted by atomic mass is 9.90. The van der Waals surface area contributed by atoms with Crippen LogP contribution in [0.5, 0.6) is 0 Å². The molecule has 0 aromatic heterocycles. The number of fused-ring (bicyclic) bond motifs is 6. The van der Waals surface area contributed by atoms with Crippen LogP contribution in [0.2, 0.25) is 0 Å². The number of nitrogens with zero attached hydrogens (tertiary/aromatic N) is 1. The normalized spacial score (nSPS) is 11.4. The van der Waals surface area contributed by atoms with Gasteiger partial charge < -0.3 is 4.90 Å². The van der Waals surface area contributed by atoms with Gasteiger partial charge in [0.2, 0.25) is 0 Å². The molecule has 0 atom stereocenters. The predicted molar refractivity (Wildman–Crippen MR) is 253 cm³/mol.